The van der Waals surface area contributed by atoms with Crippen molar-refractivity contribution in [2.24, 2.45) is 5.10 Å². The van der Waals surface area contributed by atoms with Gasteiger partial charge in [-0.1, -0.05) is 29.3 Å². The highest BCUT2D eigenvalue weighted by atomic mass is 127. The Morgan fingerprint density at radius 1 is 1.12 bits per heavy atom. The minimum atomic E-state index is -0.532. The molecule has 0 aromatic heterocycles. The van der Waals surface area contributed by atoms with E-state index in [1.54, 1.807) is 18.2 Å². The SMILES string of the molecule is CCOc1cc(/C=N/NC(=O)c2ccc([N+](=O)[O-])cc2)cc(I)c1OCc1ccc(Cl)c(Cl)c1. The van der Waals surface area contributed by atoms with Crippen LogP contribution in [0, 0.1) is 13.7 Å². The maximum atomic E-state index is 12.2. The van der Waals surface area contributed by atoms with Crippen LogP contribution in [0.4, 0.5) is 5.69 Å². The van der Waals surface area contributed by atoms with Gasteiger partial charge in [-0.3, -0.25) is 14.9 Å². The molecule has 3 aromatic carbocycles. The van der Waals surface area contributed by atoms with E-state index < -0.39 is 10.8 Å². The van der Waals surface area contributed by atoms with E-state index in [4.69, 9.17) is 32.7 Å². The molecule has 3 aromatic rings. The fourth-order valence-corrected chi connectivity index (χ4v) is 3.92. The molecule has 176 valence electrons. The third-order valence-corrected chi connectivity index (χ3v) is 5.96. The lowest BCUT2D eigenvalue weighted by molar-refractivity contribution is -0.384. The van der Waals surface area contributed by atoms with Crippen molar-refractivity contribution in [3.05, 3.63) is 95.0 Å². The van der Waals surface area contributed by atoms with E-state index in [0.29, 0.717) is 33.7 Å². The summed E-state index contributed by atoms with van der Waals surface area (Å²) in [6, 6.07) is 14.1. The number of carbonyl (C=O) groups excluding carboxylic acids is 1. The molecule has 0 spiro atoms. The molecule has 8 nitrogen and oxygen atoms in total. The summed E-state index contributed by atoms with van der Waals surface area (Å²) >= 11 is 14.2. The second kappa shape index (κ2) is 12.0. The molecule has 0 aliphatic rings. The molecule has 0 aliphatic carbocycles. The first-order valence-corrected chi connectivity index (χ1v) is 11.7. The van der Waals surface area contributed by atoms with Crippen LogP contribution in [0.5, 0.6) is 11.5 Å². The molecule has 0 aliphatic heterocycles. The molecular formula is C23H18Cl2IN3O5. The van der Waals surface area contributed by atoms with E-state index in [0.717, 1.165) is 9.13 Å². The largest absolute Gasteiger partial charge is 0.490 e. The number of benzene rings is 3. The second-order valence-corrected chi connectivity index (χ2v) is 8.78. The van der Waals surface area contributed by atoms with Crippen molar-refractivity contribution in [2.75, 3.05) is 6.61 Å². The number of nitrogens with zero attached hydrogens (tertiary/aromatic N) is 2. The average Bonchev–Trinajstić information content (AvgIpc) is 2.81. The Balaban J connectivity index is 1.70. The van der Waals surface area contributed by atoms with Crippen LogP contribution in [0.1, 0.15) is 28.4 Å². The molecule has 1 amide bonds. The molecule has 3 rings (SSSR count). The molecule has 1 N–H and O–H groups in total. The van der Waals surface area contributed by atoms with E-state index in [-0.39, 0.29) is 17.9 Å². The minimum Gasteiger partial charge on any atom is -0.490 e. The summed E-state index contributed by atoms with van der Waals surface area (Å²) in [6.07, 6.45) is 1.47. The number of amides is 1. The Morgan fingerprint density at radius 3 is 2.50 bits per heavy atom. The third kappa shape index (κ3) is 6.81. The Kier molecular flexibility index (Phi) is 9.08. The number of nitro benzene ring substituents is 1. The number of non-ortho nitro benzene ring substituents is 1. The number of hydrogen-bond acceptors (Lipinski definition) is 6. The van der Waals surface area contributed by atoms with Crippen molar-refractivity contribution in [1.29, 1.82) is 0 Å². The topological polar surface area (TPSA) is 103 Å². The van der Waals surface area contributed by atoms with Gasteiger partial charge in [0, 0.05) is 17.7 Å². The lowest BCUT2D eigenvalue weighted by atomic mass is 10.2. The normalized spacial score (nSPS) is 10.8. The van der Waals surface area contributed by atoms with Gasteiger partial charge in [0.05, 0.1) is 31.4 Å². The summed E-state index contributed by atoms with van der Waals surface area (Å²) in [4.78, 5) is 22.4. The lowest BCUT2D eigenvalue weighted by Crippen LogP contribution is -2.17. The summed E-state index contributed by atoms with van der Waals surface area (Å²) in [5, 5.41) is 15.6. The Labute approximate surface area is 219 Å². The van der Waals surface area contributed by atoms with E-state index in [9.17, 15) is 14.9 Å². The van der Waals surface area contributed by atoms with Crippen molar-refractivity contribution in [3.63, 3.8) is 0 Å². The standard InChI is InChI=1S/C23H18Cl2IN3O5/c1-2-33-21-11-15(12-27-28-23(30)16-4-6-17(7-5-16)29(31)32)10-20(26)22(21)34-13-14-3-8-18(24)19(25)9-14/h3-12H,2,13H2,1H3,(H,28,30)/b27-12+. The van der Waals surface area contributed by atoms with Gasteiger partial charge in [0.25, 0.3) is 11.6 Å². The van der Waals surface area contributed by atoms with E-state index in [2.05, 4.69) is 33.1 Å². The highest BCUT2D eigenvalue weighted by Gasteiger charge is 2.13. The first-order valence-electron chi connectivity index (χ1n) is 9.89. The maximum absolute atomic E-state index is 12.2. The molecule has 0 unspecified atom stereocenters. The first kappa shape index (κ1) is 25.7. The van der Waals surface area contributed by atoms with Gasteiger partial charge in [-0.05, 0) is 77.0 Å². The Morgan fingerprint density at radius 2 is 1.85 bits per heavy atom. The van der Waals surface area contributed by atoms with E-state index in [1.807, 2.05) is 19.1 Å². The van der Waals surface area contributed by atoms with Gasteiger partial charge in [0.1, 0.15) is 6.61 Å². The van der Waals surface area contributed by atoms with Gasteiger partial charge in [-0.25, -0.2) is 5.43 Å². The molecule has 11 heteroatoms. The molecule has 34 heavy (non-hydrogen) atoms. The molecule has 0 radical (unpaired) electrons. The summed E-state index contributed by atoms with van der Waals surface area (Å²) in [5.41, 5.74) is 4.09. The average molecular weight is 614 g/mol. The summed E-state index contributed by atoms with van der Waals surface area (Å²) in [5.74, 6) is 0.602. The van der Waals surface area contributed by atoms with Crippen LogP contribution in [0.3, 0.4) is 0 Å². The van der Waals surface area contributed by atoms with E-state index >= 15 is 0 Å². The van der Waals surface area contributed by atoms with Crippen molar-refractivity contribution in [2.45, 2.75) is 13.5 Å². The molecule has 0 saturated heterocycles. The maximum Gasteiger partial charge on any atom is 0.271 e. The van der Waals surface area contributed by atoms with Crippen molar-refractivity contribution >= 4 is 63.6 Å². The van der Waals surface area contributed by atoms with Gasteiger partial charge < -0.3 is 9.47 Å². The number of halogens is 3. The molecule has 0 bridgehead atoms. The van der Waals surface area contributed by atoms with Gasteiger partial charge in [0.15, 0.2) is 11.5 Å². The van der Waals surface area contributed by atoms with Crippen molar-refractivity contribution < 1.29 is 19.2 Å². The summed E-state index contributed by atoms with van der Waals surface area (Å²) in [7, 11) is 0. The minimum absolute atomic E-state index is 0.0976. The predicted molar refractivity (Wildman–Crippen MR) is 139 cm³/mol. The quantitative estimate of drug-likeness (QED) is 0.133. The smallest absolute Gasteiger partial charge is 0.271 e. The van der Waals surface area contributed by atoms with Crippen molar-refractivity contribution in [1.82, 2.24) is 5.43 Å². The zero-order chi connectivity index (χ0) is 24.7. The van der Waals surface area contributed by atoms with Gasteiger partial charge >= 0.3 is 0 Å². The number of carbonyl (C=O) groups is 1. The highest BCUT2D eigenvalue weighted by molar-refractivity contribution is 14.1. The van der Waals surface area contributed by atoms with Gasteiger partial charge in [-0.15, -0.1) is 0 Å². The number of hydrazone groups is 1. The molecule has 0 fully saturated rings. The van der Waals surface area contributed by atoms with Gasteiger partial charge in [0.2, 0.25) is 0 Å². The Hall–Kier alpha value is -2.89. The molecular weight excluding hydrogens is 596 g/mol. The fraction of sp³-hybridized carbons (Fsp3) is 0.130. The molecule has 0 heterocycles. The van der Waals surface area contributed by atoms with Crippen LogP contribution in [0.2, 0.25) is 10.0 Å². The summed E-state index contributed by atoms with van der Waals surface area (Å²) in [6.45, 7) is 2.56. The van der Waals surface area contributed by atoms with Crippen LogP contribution < -0.4 is 14.9 Å². The molecule has 0 saturated carbocycles. The number of nitro groups is 1. The zero-order valence-corrected chi connectivity index (χ0v) is 21.4. The zero-order valence-electron chi connectivity index (χ0n) is 17.8. The van der Waals surface area contributed by atoms with Crippen LogP contribution in [0.25, 0.3) is 0 Å². The number of rotatable bonds is 9. The third-order valence-electron chi connectivity index (χ3n) is 4.42. The Bertz CT molecular complexity index is 1240. The predicted octanol–water partition coefficient (Wildman–Crippen LogP) is 6.25. The fourth-order valence-electron chi connectivity index (χ4n) is 2.81. The lowest BCUT2D eigenvalue weighted by Gasteiger charge is -2.15. The first-order chi connectivity index (χ1) is 16.3. The summed E-state index contributed by atoms with van der Waals surface area (Å²) < 4.78 is 12.5. The van der Waals surface area contributed by atoms with Crippen LogP contribution >= 0.6 is 45.8 Å². The number of ether oxygens (including phenoxy) is 2. The van der Waals surface area contributed by atoms with E-state index in [1.165, 1.54) is 30.5 Å². The van der Waals surface area contributed by atoms with Gasteiger partial charge in [-0.2, -0.15) is 5.10 Å². The monoisotopic (exact) mass is 613 g/mol. The highest BCUT2D eigenvalue weighted by Crippen LogP contribution is 2.35. The van der Waals surface area contributed by atoms with Crippen LogP contribution in [-0.2, 0) is 6.61 Å². The number of hydrogen-bond donors (Lipinski definition) is 1. The number of nitrogens with one attached hydrogen (secondary N) is 1. The molecule has 0 atom stereocenters. The van der Waals surface area contributed by atoms with Crippen molar-refractivity contribution in [3.8, 4) is 11.5 Å². The van der Waals surface area contributed by atoms with Crippen LogP contribution in [-0.4, -0.2) is 23.7 Å². The second-order valence-electron chi connectivity index (χ2n) is 6.80. The van der Waals surface area contributed by atoms with Crippen LogP contribution in [0.15, 0.2) is 59.7 Å².